The second-order valence-corrected chi connectivity index (χ2v) is 6.07. The van der Waals surface area contributed by atoms with E-state index in [4.69, 9.17) is 4.74 Å². The Hall–Kier alpha value is -3.25. The van der Waals surface area contributed by atoms with E-state index in [-0.39, 0.29) is 5.82 Å². The summed E-state index contributed by atoms with van der Waals surface area (Å²) in [6, 6.07) is 16.6. The molecule has 0 fully saturated rings. The van der Waals surface area contributed by atoms with Crippen molar-refractivity contribution in [1.82, 2.24) is 14.5 Å². The van der Waals surface area contributed by atoms with Crippen molar-refractivity contribution in [1.29, 1.82) is 0 Å². The van der Waals surface area contributed by atoms with E-state index in [0.29, 0.717) is 30.3 Å². The fourth-order valence-electron chi connectivity index (χ4n) is 3.13. The lowest BCUT2D eigenvalue weighted by Gasteiger charge is -2.08. The molecular formula is C21H19FN4O. The molecule has 6 heteroatoms. The van der Waals surface area contributed by atoms with Crippen LogP contribution in [0.25, 0.3) is 27.8 Å². The van der Waals surface area contributed by atoms with Crippen LogP contribution >= 0.6 is 0 Å². The van der Waals surface area contributed by atoms with Gasteiger partial charge in [0.1, 0.15) is 18.0 Å². The molecule has 4 rings (SSSR count). The molecular weight excluding hydrogens is 343 g/mol. The second kappa shape index (κ2) is 7.55. The first-order valence-electron chi connectivity index (χ1n) is 8.69. The number of hydrogen-bond donors (Lipinski definition) is 1. The summed E-state index contributed by atoms with van der Waals surface area (Å²) in [5.74, 6) is 0.396. The Labute approximate surface area is 156 Å². The van der Waals surface area contributed by atoms with Gasteiger partial charge in [0.15, 0.2) is 5.65 Å². The predicted molar refractivity (Wildman–Crippen MR) is 105 cm³/mol. The molecule has 4 aromatic rings. The SMILES string of the molecule is COCCNc1ncnc2c1c(-c1ccccc1)cn2-c1ccccc1F. The van der Waals surface area contributed by atoms with Crippen molar-refractivity contribution in [3.63, 3.8) is 0 Å². The van der Waals surface area contributed by atoms with Crippen LogP contribution in [0.1, 0.15) is 0 Å². The van der Waals surface area contributed by atoms with Gasteiger partial charge in [-0.05, 0) is 17.7 Å². The summed E-state index contributed by atoms with van der Waals surface area (Å²) in [6.45, 7) is 1.17. The molecule has 0 saturated heterocycles. The lowest BCUT2D eigenvalue weighted by atomic mass is 10.1. The van der Waals surface area contributed by atoms with Gasteiger partial charge in [0.05, 0.1) is 17.7 Å². The molecule has 0 aliphatic heterocycles. The number of nitrogens with zero attached hydrogens (tertiary/aromatic N) is 3. The minimum absolute atomic E-state index is 0.304. The zero-order chi connectivity index (χ0) is 18.6. The fourth-order valence-corrected chi connectivity index (χ4v) is 3.13. The minimum Gasteiger partial charge on any atom is -0.383 e. The van der Waals surface area contributed by atoms with Gasteiger partial charge in [-0.1, -0.05) is 42.5 Å². The highest BCUT2D eigenvalue weighted by Crippen LogP contribution is 2.35. The molecule has 1 N–H and O–H groups in total. The molecule has 0 radical (unpaired) electrons. The Morgan fingerprint density at radius 3 is 2.59 bits per heavy atom. The van der Waals surface area contributed by atoms with Gasteiger partial charge < -0.3 is 10.1 Å². The first kappa shape index (κ1) is 17.2. The number of hydrogen-bond acceptors (Lipinski definition) is 4. The van der Waals surface area contributed by atoms with E-state index in [2.05, 4.69) is 15.3 Å². The number of ether oxygens (including phenoxy) is 1. The molecule has 136 valence electrons. The smallest absolute Gasteiger partial charge is 0.150 e. The lowest BCUT2D eigenvalue weighted by Crippen LogP contribution is -2.09. The van der Waals surface area contributed by atoms with Crippen LogP contribution < -0.4 is 5.32 Å². The van der Waals surface area contributed by atoms with Gasteiger partial charge in [-0.25, -0.2) is 14.4 Å². The maximum absolute atomic E-state index is 14.5. The van der Waals surface area contributed by atoms with Gasteiger partial charge in [0.25, 0.3) is 0 Å². The Kier molecular flexibility index (Phi) is 4.80. The molecule has 2 heterocycles. The molecule has 0 aliphatic carbocycles. The number of para-hydroxylation sites is 1. The van der Waals surface area contributed by atoms with Gasteiger partial charge in [0, 0.05) is 25.4 Å². The Morgan fingerprint density at radius 2 is 1.81 bits per heavy atom. The molecule has 0 amide bonds. The summed E-state index contributed by atoms with van der Waals surface area (Å²) in [5.41, 5.74) is 3.05. The van der Waals surface area contributed by atoms with Gasteiger partial charge in [0.2, 0.25) is 0 Å². The van der Waals surface area contributed by atoms with Gasteiger partial charge >= 0.3 is 0 Å². The van der Waals surface area contributed by atoms with E-state index in [1.807, 2.05) is 42.6 Å². The predicted octanol–water partition coefficient (Wildman–Crippen LogP) is 4.28. The molecule has 5 nitrogen and oxygen atoms in total. The van der Waals surface area contributed by atoms with Crippen molar-refractivity contribution in [3.8, 4) is 16.8 Å². The van der Waals surface area contributed by atoms with Crippen LogP contribution in [0.2, 0.25) is 0 Å². The van der Waals surface area contributed by atoms with Crippen LogP contribution in [-0.2, 0) is 4.74 Å². The Balaban J connectivity index is 1.96. The summed E-state index contributed by atoms with van der Waals surface area (Å²) in [4.78, 5) is 8.86. The third-order valence-corrected chi connectivity index (χ3v) is 4.38. The average molecular weight is 362 g/mol. The highest BCUT2D eigenvalue weighted by atomic mass is 19.1. The van der Waals surface area contributed by atoms with Crippen LogP contribution in [-0.4, -0.2) is 34.8 Å². The van der Waals surface area contributed by atoms with Crippen LogP contribution in [0.4, 0.5) is 10.2 Å². The average Bonchev–Trinajstić information content (AvgIpc) is 3.10. The number of halogens is 1. The number of rotatable bonds is 6. The molecule has 0 unspecified atom stereocenters. The second-order valence-electron chi connectivity index (χ2n) is 6.07. The van der Waals surface area contributed by atoms with Crippen molar-refractivity contribution in [3.05, 3.63) is 72.9 Å². The van der Waals surface area contributed by atoms with Crippen molar-refractivity contribution >= 4 is 16.9 Å². The monoisotopic (exact) mass is 362 g/mol. The third kappa shape index (κ3) is 3.27. The standard InChI is InChI=1S/C21H19FN4O/c1-27-12-11-23-20-19-16(15-7-3-2-4-8-15)13-26(21(19)25-14-24-20)18-10-6-5-9-17(18)22/h2-10,13-14H,11-12H2,1H3,(H,23,24,25). The van der Waals surface area contributed by atoms with E-state index in [1.54, 1.807) is 23.8 Å². The minimum atomic E-state index is -0.304. The van der Waals surface area contributed by atoms with Crippen LogP contribution in [0.5, 0.6) is 0 Å². The van der Waals surface area contributed by atoms with E-state index in [1.165, 1.54) is 12.4 Å². The van der Waals surface area contributed by atoms with Gasteiger partial charge in [-0.15, -0.1) is 0 Å². The number of nitrogens with one attached hydrogen (secondary N) is 1. The molecule has 27 heavy (non-hydrogen) atoms. The van der Waals surface area contributed by atoms with Crippen molar-refractivity contribution < 1.29 is 9.13 Å². The van der Waals surface area contributed by atoms with Gasteiger partial charge in [-0.3, -0.25) is 4.57 Å². The summed E-state index contributed by atoms with van der Waals surface area (Å²) in [7, 11) is 1.65. The quantitative estimate of drug-likeness (QED) is 0.520. The van der Waals surface area contributed by atoms with Crippen LogP contribution in [0, 0.1) is 5.82 Å². The highest BCUT2D eigenvalue weighted by molar-refractivity contribution is 6.02. The highest BCUT2D eigenvalue weighted by Gasteiger charge is 2.18. The summed E-state index contributed by atoms with van der Waals surface area (Å²) in [5, 5.41) is 4.15. The summed E-state index contributed by atoms with van der Waals surface area (Å²) >= 11 is 0. The van der Waals surface area contributed by atoms with Crippen LogP contribution in [0.3, 0.4) is 0 Å². The Bertz CT molecular complexity index is 1060. The molecule has 0 spiro atoms. The molecule has 0 saturated carbocycles. The number of anilines is 1. The third-order valence-electron chi connectivity index (χ3n) is 4.38. The number of fused-ring (bicyclic) bond motifs is 1. The maximum Gasteiger partial charge on any atom is 0.150 e. The molecule has 2 aromatic heterocycles. The summed E-state index contributed by atoms with van der Waals surface area (Å²) < 4.78 is 21.4. The topological polar surface area (TPSA) is 52.0 Å². The fraction of sp³-hybridized carbons (Fsp3) is 0.143. The van der Waals surface area contributed by atoms with E-state index < -0.39 is 0 Å². The number of methoxy groups -OCH3 is 1. The van der Waals surface area contributed by atoms with Crippen molar-refractivity contribution in [2.75, 3.05) is 25.6 Å². The summed E-state index contributed by atoms with van der Waals surface area (Å²) in [6.07, 6.45) is 3.40. The maximum atomic E-state index is 14.5. The normalized spacial score (nSPS) is 11.0. The van der Waals surface area contributed by atoms with E-state index >= 15 is 0 Å². The molecule has 2 aromatic carbocycles. The lowest BCUT2D eigenvalue weighted by molar-refractivity contribution is 0.210. The Morgan fingerprint density at radius 1 is 1.04 bits per heavy atom. The van der Waals surface area contributed by atoms with E-state index in [9.17, 15) is 4.39 Å². The molecule has 0 bridgehead atoms. The molecule has 0 atom stereocenters. The zero-order valence-corrected chi connectivity index (χ0v) is 14.9. The first-order valence-corrected chi connectivity index (χ1v) is 8.69. The van der Waals surface area contributed by atoms with Gasteiger partial charge in [-0.2, -0.15) is 0 Å². The first-order chi connectivity index (χ1) is 13.3. The molecule has 0 aliphatic rings. The largest absolute Gasteiger partial charge is 0.383 e. The van der Waals surface area contributed by atoms with E-state index in [0.717, 1.165) is 16.5 Å². The van der Waals surface area contributed by atoms with Crippen LogP contribution in [0.15, 0.2) is 67.1 Å². The van der Waals surface area contributed by atoms with Crippen molar-refractivity contribution in [2.45, 2.75) is 0 Å². The number of benzene rings is 2. The number of aromatic nitrogens is 3. The zero-order valence-electron chi connectivity index (χ0n) is 14.9. The van der Waals surface area contributed by atoms with Crippen molar-refractivity contribution in [2.24, 2.45) is 0 Å².